The topological polar surface area (TPSA) is 97.1 Å². The molecule has 3 N–H and O–H groups in total. The van der Waals surface area contributed by atoms with Crippen LogP contribution >= 0.6 is 0 Å². The first-order valence-corrected chi connectivity index (χ1v) is 14.0. The van der Waals surface area contributed by atoms with Crippen LogP contribution in [-0.4, -0.2) is 81.2 Å². The lowest BCUT2D eigenvalue weighted by Gasteiger charge is -2.44. The zero-order chi connectivity index (χ0) is 29.6. The highest BCUT2D eigenvalue weighted by Crippen LogP contribution is 2.40. The molecule has 1 unspecified atom stereocenters. The Hall–Kier alpha value is -3.88. The van der Waals surface area contributed by atoms with Crippen molar-refractivity contribution in [3.05, 3.63) is 95.6 Å². The number of nitrogens with two attached hydrogens (primary N) is 1. The average molecular weight is 559 g/mol. The number of hydrogen-bond donors (Lipinski definition) is 2. The Morgan fingerprint density at radius 2 is 1.63 bits per heavy atom. The van der Waals surface area contributed by atoms with Crippen LogP contribution in [0.5, 0.6) is 5.75 Å². The third-order valence-electron chi connectivity index (χ3n) is 8.21. The maximum atomic E-state index is 14.1. The molecule has 41 heavy (non-hydrogen) atoms. The number of piperidine rings is 1. The van der Waals surface area contributed by atoms with Crippen molar-refractivity contribution < 1.29 is 19.1 Å². The van der Waals surface area contributed by atoms with Crippen LogP contribution in [-0.2, 0) is 14.9 Å². The minimum absolute atomic E-state index is 0.0441. The molecule has 1 fully saturated rings. The number of rotatable bonds is 10. The summed E-state index contributed by atoms with van der Waals surface area (Å²) in [4.78, 5) is 31.4. The second-order valence-electron chi connectivity index (χ2n) is 11.0. The number of benzene rings is 3. The highest BCUT2D eigenvalue weighted by atomic mass is 16.5. The zero-order valence-electron chi connectivity index (χ0n) is 24.7. The Morgan fingerprint density at radius 1 is 1.02 bits per heavy atom. The summed E-state index contributed by atoms with van der Waals surface area (Å²) in [5.74, 6) is 0.273. The lowest BCUT2D eigenvalue weighted by molar-refractivity contribution is -0.134. The minimum Gasteiger partial charge on any atom is -0.496 e. The normalized spacial score (nSPS) is 18.4. The van der Waals surface area contributed by atoms with Crippen molar-refractivity contribution in [1.82, 2.24) is 15.1 Å². The molecule has 4 rings (SSSR count). The van der Waals surface area contributed by atoms with E-state index in [0.29, 0.717) is 36.4 Å². The van der Waals surface area contributed by atoms with Crippen molar-refractivity contribution in [2.24, 2.45) is 0 Å². The number of nitrogen functional groups attached to an aromatic ring is 1. The number of carbonyl (C=O) groups excluding carboxylic acids is 2. The molecule has 3 aromatic rings. The van der Waals surface area contributed by atoms with E-state index in [2.05, 4.69) is 17.1 Å². The summed E-state index contributed by atoms with van der Waals surface area (Å²) in [6.45, 7) is 3.54. The largest absolute Gasteiger partial charge is 0.496 e. The quantitative estimate of drug-likeness (QED) is 0.366. The number of anilines is 1. The number of likely N-dealkylation sites (N-methyl/N-ethyl adjacent to an activating group) is 1. The highest BCUT2D eigenvalue weighted by molar-refractivity contribution is 5.98. The number of carbonyl (C=O) groups is 2. The molecule has 1 aliphatic rings. The van der Waals surface area contributed by atoms with Crippen LogP contribution in [0.2, 0.25) is 0 Å². The van der Waals surface area contributed by atoms with Gasteiger partial charge in [0.1, 0.15) is 11.2 Å². The molecule has 0 radical (unpaired) electrons. The molecule has 8 nitrogen and oxygen atoms in total. The van der Waals surface area contributed by atoms with E-state index in [0.717, 1.165) is 17.7 Å². The van der Waals surface area contributed by atoms with Crippen molar-refractivity contribution in [3.63, 3.8) is 0 Å². The summed E-state index contributed by atoms with van der Waals surface area (Å²) in [5.41, 5.74) is 7.92. The van der Waals surface area contributed by atoms with Crippen LogP contribution < -0.4 is 15.8 Å². The van der Waals surface area contributed by atoms with E-state index in [-0.39, 0.29) is 30.0 Å². The van der Waals surface area contributed by atoms with Crippen LogP contribution in [0.4, 0.5) is 5.69 Å². The maximum absolute atomic E-state index is 14.1. The molecule has 3 aromatic carbocycles. The van der Waals surface area contributed by atoms with Gasteiger partial charge in [-0.1, -0.05) is 60.7 Å². The van der Waals surface area contributed by atoms with Gasteiger partial charge in [0.2, 0.25) is 5.91 Å². The Morgan fingerprint density at radius 3 is 2.17 bits per heavy atom. The number of amides is 2. The monoisotopic (exact) mass is 558 g/mol. The molecular weight excluding hydrogens is 516 g/mol. The molecule has 0 spiro atoms. The van der Waals surface area contributed by atoms with Gasteiger partial charge in [0.15, 0.2) is 0 Å². The number of nitrogens with zero attached hydrogens (tertiary/aromatic N) is 2. The Balaban J connectivity index is 1.57. The molecule has 218 valence electrons. The van der Waals surface area contributed by atoms with Crippen LogP contribution in [0.1, 0.15) is 41.3 Å². The predicted molar refractivity (Wildman–Crippen MR) is 162 cm³/mol. The molecule has 1 aliphatic heterocycles. The fourth-order valence-electron chi connectivity index (χ4n) is 6.03. The van der Waals surface area contributed by atoms with Gasteiger partial charge < -0.3 is 25.4 Å². The Labute approximate surface area is 243 Å². The SMILES string of the molecule is COc1ccc(N)cc1C(=O)N[C@@H]1CCN(C(C)CC(C(=O)N(C)C)(c2ccccc2)c2ccccc2)C[C@@H]1OC. The zero-order valence-corrected chi connectivity index (χ0v) is 24.7. The predicted octanol–water partition coefficient (Wildman–Crippen LogP) is 3.95. The summed E-state index contributed by atoms with van der Waals surface area (Å²) in [5, 5.41) is 3.14. The van der Waals surface area contributed by atoms with Gasteiger partial charge in [0.25, 0.3) is 5.91 Å². The fourth-order valence-corrected chi connectivity index (χ4v) is 6.03. The fraction of sp³-hybridized carbons (Fsp3) is 0.394. The standard InChI is InChI=1S/C33H42N4O4/c1-23(21-33(32(39)36(2)3,24-12-8-6-9-13-24)25-14-10-7-11-15-25)37-19-18-28(30(22-37)41-5)35-31(38)27-20-26(34)16-17-29(27)40-4/h6-17,20,23,28,30H,18-19,21-22,34H2,1-5H3,(H,35,38)/t23?,28-,30+/m1/s1. The molecule has 0 aromatic heterocycles. The number of ether oxygens (including phenoxy) is 2. The van der Waals surface area contributed by atoms with Gasteiger partial charge >= 0.3 is 0 Å². The van der Waals surface area contributed by atoms with Gasteiger partial charge in [-0.3, -0.25) is 14.5 Å². The third kappa shape index (κ3) is 6.39. The van der Waals surface area contributed by atoms with Crippen LogP contribution in [0.25, 0.3) is 0 Å². The summed E-state index contributed by atoms with van der Waals surface area (Å²) in [7, 11) is 6.84. The summed E-state index contributed by atoms with van der Waals surface area (Å²) in [6.07, 6.45) is 1.06. The van der Waals surface area contributed by atoms with Gasteiger partial charge in [-0.05, 0) is 49.1 Å². The van der Waals surface area contributed by atoms with E-state index in [9.17, 15) is 9.59 Å². The number of hydrogen-bond acceptors (Lipinski definition) is 6. The number of likely N-dealkylation sites (tertiary alicyclic amines) is 1. The lowest BCUT2D eigenvalue weighted by atomic mass is 9.69. The second-order valence-corrected chi connectivity index (χ2v) is 11.0. The van der Waals surface area contributed by atoms with Crippen molar-refractivity contribution in [2.75, 3.05) is 47.1 Å². The van der Waals surface area contributed by atoms with Crippen LogP contribution in [0, 0.1) is 0 Å². The molecule has 0 saturated carbocycles. The van der Waals surface area contributed by atoms with E-state index >= 15 is 0 Å². The Kier molecular flexibility index (Phi) is 9.68. The van der Waals surface area contributed by atoms with Crippen molar-refractivity contribution in [1.29, 1.82) is 0 Å². The number of nitrogens with one attached hydrogen (secondary N) is 1. The van der Waals surface area contributed by atoms with Crippen LogP contribution in [0.15, 0.2) is 78.9 Å². The highest BCUT2D eigenvalue weighted by Gasteiger charge is 2.45. The first-order chi connectivity index (χ1) is 19.7. The van der Waals surface area contributed by atoms with Gasteiger partial charge in [-0.2, -0.15) is 0 Å². The van der Waals surface area contributed by atoms with E-state index in [4.69, 9.17) is 15.2 Å². The third-order valence-corrected chi connectivity index (χ3v) is 8.21. The van der Waals surface area contributed by atoms with Gasteiger partial charge in [-0.25, -0.2) is 0 Å². The lowest BCUT2D eigenvalue weighted by Crippen LogP contribution is -2.58. The molecule has 3 atom stereocenters. The molecule has 0 aliphatic carbocycles. The van der Waals surface area contributed by atoms with Crippen molar-refractivity contribution >= 4 is 17.5 Å². The van der Waals surface area contributed by atoms with Gasteiger partial charge in [0.05, 0.1) is 24.8 Å². The van der Waals surface area contributed by atoms with Crippen LogP contribution in [0.3, 0.4) is 0 Å². The molecular formula is C33H42N4O4. The molecule has 1 saturated heterocycles. The van der Waals surface area contributed by atoms with E-state index in [1.807, 2.05) is 74.8 Å². The molecule has 1 heterocycles. The number of methoxy groups -OCH3 is 2. The summed E-state index contributed by atoms with van der Waals surface area (Å²) < 4.78 is 11.3. The average Bonchev–Trinajstić information content (AvgIpc) is 3.00. The maximum Gasteiger partial charge on any atom is 0.255 e. The van der Waals surface area contributed by atoms with E-state index in [1.165, 1.54) is 7.11 Å². The van der Waals surface area contributed by atoms with E-state index in [1.54, 1.807) is 30.2 Å². The smallest absolute Gasteiger partial charge is 0.255 e. The first kappa shape index (κ1) is 30.1. The second kappa shape index (κ2) is 13.2. The van der Waals surface area contributed by atoms with Gasteiger partial charge in [0, 0.05) is 46.0 Å². The van der Waals surface area contributed by atoms with Crippen molar-refractivity contribution in [2.45, 2.75) is 43.4 Å². The van der Waals surface area contributed by atoms with E-state index < -0.39 is 5.41 Å². The molecule has 0 bridgehead atoms. The Bertz CT molecular complexity index is 1280. The molecule has 8 heteroatoms. The minimum atomic E-state index is -0.858. The summed E-state index contributed by atoms with van der Waals surface area (Å²) >= 11 is 0. The molecule has 2 amide bonds. The first-order valence-electron chi connectivity index (χ1n) is 14.0. The van der Waals surface area contributed by atoms with Gasteiger partial charge in [-0.15, -0.1) is 0 Å². The summed E-state index contributed by atoms with van der Waals surface area (Å²) in [6, 6.07) is 25.0. The van der Waals surface area contributed by atoms with Crippen molar-refractivity contribution in [3.8, 4) is 5.75 Å².